The van der Waals surface area contributed by atoms with Gasteiger partial charge in [-0.15, -0.1) is 0 Å². The summed E-state index contributed by atoms with van der Waals surface area (Å²) in [6, 6.07) is 64.7. The summed E-state index contributed by atoms with van der Waals surface area (Å²) in [5.74, 6) is 1.81. The second-order valence-electron chi connectivity index (χ2n) is 14.0. The lowest BCUT2D eigenvalue weighted by Crippen LogP contribution is -2.00. The van der Waals surface area contributed by atoms with Crippen LogP contribution >= 0.6 is 0 Å². The molecule has 0 aliphatic heterocycles. The summed E-state index contributed by atoms with van der Waals surface area (Å²) in [6.07, 6.45) is 0. The van der Waals surface area contributed by atoms with Crippen molar-refractivity contribution in [2.75, 3.05) is 0 Å². The largest absolute Gasteiger partial charge is 0.456 e. The Bertz CT molecular complexity index is 3120. The van der Waals surface area contributed by atoms with Gasteiger partial charge in [0.2, 0.25) is 0 Å². The third-order valence-corrected chi connectivity index (χ3v) is 10.5. The molecule has 0 aliphatic rings. The van der Waals surface area contributed by atoms with Crippen LogP contribution in [-0.4, -0.2) is 15.0 Å². The highest BCUT2D eigenvalue weighted by molar-refractivity contribution is 6.07. The first-order valence-corrected chi connectivity index (χ1v) is 18.7. The van der Waals surface area contributed by atoms with Crippen molar-refractivity contribution in [2.24, 2.45) is 0 Å². The van der Waals surface area contributed by atoms with Crippen LogP contribution in [0.5, 0.6) is 0 Å². The third-order valence-electron chi connectivity index (χ3n) is 10.5. The number of fused-ring (bicyclic) bond motifs is 6. The summed E-state index contributed by atoms with van der Waals surface area (Å²) in [6.45, 7) is 0. The number of furan rings is 2. The fourth-order valence-corrected chi connectivity index (χ4v) is 7.72. The van der Waals surface area contributed by atoms with E-state index in [4.69, 9.17) is 23.8 Å². The Kier molecular flexibility index (Phi) is 7.42. The molecule has 0 amide bonds. The smallest absolute Gasteiger partial charge is 0.164 e. The summed E-state index contributed by atoms with van der Waals surface area (Å²) in [5, 5.41) is 4.32. The molecule has 0 unspecified atom stereocenters. The maximum atomic E-state index is 6.21. The number of nitrogens with zero attached hydrogens (tertiary/aromatic N) is 3. The molecule has 0 atom stereocenters. The van der Waals surface area contributed by atoms with Gasteiger partial charge in [0.15, 0.2) is 17.5 Å². The normalized spacial score (nSPS) is 11.6. The van der Waals surface area contributed by atoms with Crippen molar-refractivity contribution in [3.63, 3.8) is 0 Å². The van der Waals surface area contributed by atoms with Crippen LogP contribution in [0.2, 0.25) is 0 Å². The van der Waals surface area contributed by atoms with Gasteiger partial charge < -0.3 is 8.83 Å². The molecule has 5 nitrogen and oxygen atoms in total. The molecular weight excluding hydrogens is 687 g/mol. The Labute approximate surface area is 322 Å². The highest BCUT2D eigenvalue weighted by Crippen LogP contribution is 2.39. The molecule has 11 rings (SSSR count). The molecule has 0 N–H and O–H groups in total. The molecule has 0 saturated carbocycles. The van der Waals surface area contributed by atoms with Crippen molar-refractivity contribution in [3.8, 4) is 67.5 Å². The van der Waals surface area contributed by atoms with Crippen LogP contribution in [0.3, 0.4) is 0 Å². The van der Waals surface area contributed by atoms with E-state index in [1.165, 1.54) is 0 Å². The Morgan fingerprint density at radius 1 is 0.232 bits per heavy atom. The molecule has 0 radical (unpaired) electrons. The lowest BCUT2D eigenvalue weighted by molar-refractivity contribution is 0.668. The van der Waals surface area contributed by atoms with Gasteiger partial charge in [-0.25, -0.2) is 15.0 Å². The monoisotopic (exact) mass is 717 g/mol. The molecule has 56 heavy (non-hydrogen) atoms. The Morgan fingerprint density at radius 2 is 0.625 bits per heavy atom. The fraction of sp³-hybridized carbons (Fsp3) is 0. The molecule has 3 aromatic heterocycles. The summed E-state index contributed by atoms with van der Waals surface area (Å²) >= 11 is 0. The van der Waals surface area contributed by atoms with Crippen LogP contribution in [-0.2, 0) is 0 Å². The fourth-order valence-electron chi connectivity index (χ4n) is 7.72. The lowest BCUT2D eigenvalue weighted by Gasteiger charge is -2.13. The molecule has 5 heteroatoms. The molecule has 11 aromatic rings. The number of benzene rings is 8. The second-order valence-corrected chi connectivity index (χ2v) is 14.0. The zero-order valence-corrected chi connectivity index (χ0v) is 30.1. The summed E-state index contributed by atoms with van der Waals surface area (Å²) in [4.78, 5) is 15.4. The standard InChI is InChI=1S/C51H31N3O2/c1-3-12-32(13-4-1)34-16-11-17-37(26-34)50-52-49(33-14-5-2-6-15-33)53-51(54-50)40-28-38(35-22-24-47-43(30-35)41-18-7-9-20-45(41)55-47)27-39(29-40)36-23-25-48-44(31-36)42-19-8-10-21-46(42)56-48/h1-31H. The molecular formula is C51H31N3O2. The molecule has 0 aliphatic carbocycles. The van der Waals surface area contributed by atoms with Crippen molar-refractivity contribution >= 4 is 43.9 Å². The predicted molar refractivity (Wildman–Crippen MR) is 227 cm³/mol. The van der Waals surface area contributed by atoms with Gasteiger partial charge in [0, 0.05) is 38.2 Å². The van der Waals surface area contributed by atoms with Gasteiger partial charge in [0.25, 0.3) is 0 Å². The Hall–Kier alpha value is -7.63. The van der Waals surface area contributed by atoms with E-state index < -0.39 is 0 Å². The Morgan fingerprint density at radius 3 is 1.21 bits per heavy atom. The maximum Gasteiger partial charge on any atom is 0.164 e. The highest BCUT2D eigenvalue weighted by Gasteiger charge is 2.17. The Balaban J connectivity index is 1.13. The first kappa shape index (κ1) is 31.9. The van der Waals surface area contributed by atoms with Gasteiger partial charge in [-0.1, -0.05) is 127 Å². The van der Waals surface area contributed by atoms with E-state index in [0.29, 0.717) is 17.5 Å². The van der Waals surface area contributed by atoms with Crippen molar-refractivity contribution in [3.05, 3.63) is 188 Å². The SMILES string of the molecule is c1ccc(-c2cccc(-c3nc(-c4ccccc4)nc(-c4cc(-c5ccc6oc7ccccc7c6c5)cc(-c5ccc6oc7ccccc7c6c5)c4)n3)c2)cc1. The molecule has 262 valence electrons. The number of rotatable bonds is 6. The van der Waals surface area contributed by atoms with E-state index in [0.717, 1.165) is 93.9 Å². The molecule has 0 spiro atoms. The summed E-state index contributed by atoms with van der Waals surface area (Å²) < 4.78 is 12.4. The third kappa shape index (κ3) is 5.62. The number of hydrogen-bond donors (Lipinski definition) is 0. The van der Waals surface area contributed by atoms with Gasteiger partial charge in [0.1, 0.15) is 22.3 Å². The van der Waals surface area contributed by atoms with Crippen LogP contribution in [0, 0.1) is 0 Å². The van der Waals surface area contributed by atoms with E-state index in [1.807, 2.05) is 60.7 Å². The van der Waals surface area contributed by atoms with Crippen molar-refractivity contribution < 1.29 is 8.83 Å². The second kappa shape index (κ2) is 13.0. The van der Waals surface area contributed by atoms with E-state index in [-0.39, 0.29) is 0 Å². The summed E-state index contributed by atoms with van der Waals surface area (Å²) in [5.41, 5.74) is 12.6. The average Bonchev–Trinajstić information content (AvgIpc) is 3.84. The maximum absolute atomic E-state index is 6.21. The van der Waals surface area contributed by atoms with Gasteiger partial charge in [-0.2, -0.15) is 0 Å². The number of para-hydroxylation sites is 2. The van der Waals surface area contributed by atoms with Crippen molar-refractivity contribution in [1.29, 1.82) is 0 Å². The average molecular weight is 718 g/mol. The lowest BCUT2D eigenvalue weighted by atomic mass is 9.94. The van der Waals surface area contributed by atoms with Crippen LogP contribution in [0.1, 0.15) is 0 Å². The first-order valence-electron chi connectivity index (χ1n) is 18.7. The quantitative estimate of drug-likeness (QED) is 0.171. The van der Waals surface area contributed by atoms with Crippen LogP contribution in [0.4, 0.5) is 0 Å². The molecule has 0 fully saturated rings. The summed E-state index contributed by atoms with van der Waals surface area (Å²) in [7, 11) is 0. The minimum absolute atomic E-state index is 0.590. The zero-order valence-electron chi connectivity index (χ0n) is 30.1. The minimum Gasteiger partial charge on any atom is -0.456 e. The number of aromatic nitrogens is 3. The van der Waals surface area contributed by atoms with E-state index in [1.54, 1.807) is 0 Å². The molecule has 0 saturated heterocycles. The molecule has 3 heterocycles. The van der Waals surface area contributed by atoms with Gasteiger partial charge in [-0.3, -0.25) is 0 Å². The predicted octanol–water partition coefficient (Wildman–Crippen LogP) is 13.7. The van der Waals surface area contributed by atoms with E-state index in [9.17, 15) is 0 Å². The van der Waals surface area contributed by atoms with Crippen LogP contribution < -0.4 is 0 Å². The van der Waals surface area contributed by atoms with Crippen molar-refractivity contribution in [2.45, 2.75) is 0 Å². The van der Waals surface area contributed by atoms with Gasteiger partial charge in [-0.05, 0) is 94.0 Å². The molecule has 0 bridgehead atoms. The van der Waals surface area contributed by atoms with Gasteiger partial charge >= 0.3 is 0 Å². The van der Waals surface area contributed by atoms with Gasteiger partial charge in [0.05, 0.1) is 0 Å². The minimum atomic E-state index is 0.590. The van der Waals surface area contributed by atoms with E-state index >= 15 is 0 Å². The zero-order chi connectivity index (χ0) is 37.0. The van der Waals surface area contributed by atoms with Crippen molar-refractivity contribution in [1.82, 2.24) is 15.0 Å². The topological polar surface area (TPSA) is 65.0 Å². The molecule has 8 aromatic carbocycles. The number of hydrogen-bond acceptors (Lipinski definition) is 5. The van der Waals surface area contributed by atoms with E-state index in [2.05, 4.69) is 127 Å². The van der Waals surface area contributed by atoms with Crippen LogP contribution in [0.25, 0.3) is 111 Å². The first-order chi connectivity index (χ1) is 27.7. The van der Waals surface area contributed by atoms with Crippen LogP contribution in [0.15, 0.2) is 197 Å². The highest BCUT2D eigenvalue weighted by atomic mass is 16.3.